The Morgan fingerprint density at radius 1 is 1.36 bits per heavy atom. The summed E-state index contributed by atoms with van der Waals surface area (Å²) in [6, 6.07) is 3.23. The van der Waals surface area contributed by atoms with E-state index in [-0.39, 0.29) is 6.42 Å². The molecule has 0 aliphatic heterocycles. The first-order chi connectivity index (χ1) is 6.68. The molecule has 76 valence electrons. The minimum absolute atomic E-state index is 0.346. The molecule has 0 spiro atoms. The smallest absolute Gasteiger partial charge is 0.277 e. The van der Waals surface area contributed by atoms with E-state index in [4.69, 9.17) is 10.5 Å². The lowest BCUT2D eigenvalue weighted by atomic mass is 10.2. The summed E-state index contributed by atoms with van der Waals surface area (Å²) >= 11 is 0. The van der Waals surface area contributed by atoms with Crippen LogP contribution in [0.1, 0.15) is 32.6 Å². The molecule has 1 N–H and O–H groups in total. The first kappa shape index (κ1) is 12.5. The molecule has 0 amide bonds. The van der Waals surface area contributed by atoms with E-state index in [0.29, 0.717) is 6.54 Å². The van der Waals surface area contributed by atoms with Crippen molar-refractivity contribution >= 4 is 0 Å². The van der Waals surface area contributed by atoms with E-state index in [0.717, 1.165) is 19.3 Å². The minimum Gasteiger partial charge on any atom is -0.356 e. The normalized spacial score (nSPS) is 14.6. The van der Waals surface area contributed by atoms with Crippen LogP contribution >= 0.6 is 0 Å². The maximum atomic E-state index is 9.33. The van der Waals surface area contributed by atoms with E-state index in [1.165, 1.54) is 0 Å². The van der Waals surface area contributed by atoms with E-state index in [2.05, 4.69) is 17.2 Å². The molecule has 0 saturated heterocycles. The highest BCUT2D eigenvalue weighted by molar-refractivity contribution is 5.02. The molecule has 1 unspecified atom stereocenters. The van der Waals surface area contributed by atoms with Crippen molar-refractivity contribution in [3.8, 4) is 12.1 Å². The molecular formula is C9H14N4O. The zero-order valence-electron chi connectivity index (χ0n) is 8.27. The molecule has 0 saturated carbocycles. The fraction of sp³-hybridized carbons (Fsp3) is 0.778. The highest BCUT2D eigenvalue weighted by Crippen LogP contribution is 2.10. The van der Waals surface area contributed by atoms with Gasteiger partial charge in [0, 0.05) is 0 Å². The van der Waals surface area contributed by atoms with Gasteiger partial charge in [0.05, 0.1) is 12.6 Å². The Balaban J connectivity index is 3.94. The van der Waals surface area contributed by atoms with E-state index in [1.807, 2.05) is 0 Å². The number of rotatable bonds is 6. The minimum atomic E-state index is -1.96. The number of azo groups is 1. The molecule has 14 heavy (non-hydrogen) atoms. The summed E-state index contributed by atoms with van der Waals surface area (Å²) in [6.07, 6.45) is 2.66. The van der Waals surface area contributed by atoms with E-state index in [1.54, 1.807) is 12.1 Å². The molecular weight excluding hydrogens is 180 g/mol. The lowest BCUT2D eigenvalue weighted by Crippen LogP contribution is -2.21. The zero-order chi connectivity index (χ0) is 10.9. The molecule has 5 nitrogen and oxygen atoms in total. The van der Waals surface area contributed by atoms with Gasteiger partial charge in [-0.1, -0.05) is 19.8 Å². The van der Waals surface area contributed by atoms with Crippen LogP contribution in [0.5, 0.6) is 0 Å². The second-order valence-corrected chi connectivity index (χ2v) is 2.94. The van der Waals surface area contributed by atoms with Crippen LogP contribution in [0.25, 0.3) is 0 Å². The lowest BCUT2D eigenvalue weighted by Gasteiger charge is -2.07. The van der Waals surface area contributed by atoms with Crippen LogP contribution in [-0.2, 0) is 0 Å². The van der Waals surface area contributed by atoms with Gasteiger partial charge < -0.3 is 5.11 Å². The summed E-state index contributed by atoms with van der Waals surface area (Å²) in [4.78, 5) is 0. The Hall–Kier alpha value is -1.46. The molecule has 0 aliphatic rings. The molecule has 0 rings (SSSR count). The Morgan fingerprint density at radius 3 is 2.57 bits per heavy atom. The fourth-order valence-corrected chi connectivity index (χ4v) is 0.807. The summed E-state index contributed by atoms with van der Waals surface area (Å²) in [7, 11) is 0. The van der Waals surface area contributed by atoms with Crippen LogP contribution in [0, 0.1) is 22.7 Å². The maximum Gasteiger partial charge on any atom is 0.277 e. The third-order valence-corrected chi connectivity index (χ3v) is 1.60. The van der Waals surface area contributed by atoms with Gasteiger partial charge in [0.15, 0.2) is 0 Å². The Morgan fingerprint density at radius 2 is 2.07 bits per heavy atom. The molecule has 0 aromatic carbocycles. The van der Waals surface area contributed by atoms with Crippen molar-refractivity contribution in [2.75, 3.05) is 6.54 Å². The van der Waals surface area contributed by atoms with Crippen LogP contribution in [0.2, 0.25) is 0 Å². The molecule has 0 aromatic heterocycles. The van der Waals surface area contributed by atoms with Gasteiger partial charge >= 0.3 is 0 Å². The lowest BCUT2D eigenvalue weighted by molar-refractivity contribution is 0.105. The van der Waals surface area contributed by atoms with Crippen molar-refractivity contribution in [3.05, 3.63) is 0 Å². The first-order valence-electron chi connectivity index (χ1n) is 4.57. The number of hydrogen-bond donors (Lipinski definition) is 1. The van der Waals surface area contributed by atoms with Crippen LogP contribution in [0.3, 0.4) is 0 Å². The van der Waals surface area contributed by atoms with E-state index >= 15 is 0 Å². The third kappa shape index (κ3) is 5.23. The number of unbranched alkanes of at least 4 members (excludes halogenated alkanes) is 2. The second-order valence-electron chi connectivity index (χ2n) is 2.94. The Bertz CT molecular complexity index is 263. The van der Waals surface area contributed by atoms with Gasteiger partial charge in [0.1, 0.15) is 12.5 Å². The number of hydrogen-bond acceptors (Lipinski definition) is 5. The molecule has 1 atom stereocenters. The third-order valence-electron chi connectivity index (χ3n) is 1.60. The fourth-order valence-electron chi connectivity index (χ4n) is 0.807. The van der Waals surface area contributed by atoms with Crippen molar-refractivity contribution in [1.29, 1.82) is 10.5 Å². The summed E-state index contributed by atoms with van der Waals surface area (Å²) in [5.74, 6) is 0. The van der Waals surface area contributed by atoms with Gasteiger partial charge in [0.25, 0.3) is 5.72 Å². The van der Waals surface area contributed by atoms with Crippen molar-refractivity contribution in [2.45, 2.75) is 38.3 Å². The van der Waals surface area contributed by atoms with Gasteiger partial charge in [-0.15, -0.1) is 5.11 Å². The van der Waals surface area contributed by atoms with Crippen LogP contribution in [-0.4, -0.2) is 17.4 Å². The highest BCUT2D eigenvalue weighted by Gasteiger charge is 2.25. The number of aliphatic hydroxyl groups is 1. The van der Waals surface area contributed by atoms with Crippen molar-refractivity contribution in [3.63, 3.8) is 0 Å². The van der Waals surface area contributed by atoms with Crippen LogP contribution < -0.4 is 0 Å². The SMILES string of the molecule is CCCCCN=NC(O)(C#N)CC#N. The van der Waals surface area contributed by atoms with Gasteiger partial charge in [0.2, 0.25) is 0 Å². The molecule has 0 radical (unpaired) electrons. The van der Waals surface area contributed by atoms with Crippen molar-refractivity contribution in [1.82, 2.24) is 0 Å². The number of nitriles is 2. The van der Waals surface area contributed by atoms with Gasteiger partial charge in [-0.05, 0) is 6.42 Å². The summed E-state index contributed by atoms with van der Waals surface area (Å²) in [5, 5.41) is 33.3. The standard InChI is InChI=1S/C9H14N4O/c1-2-3-4-7-12-13-9(14,8-11)5-6-10/h14H,2-5,7H2,1H3. The highest BCUT2D eigenvalue weighted by atomic mass is 16.3. The van der Waals surface area contributed by atoms with Gasteiger partial charge in [-0.2, -0.15) is 15.6 Å². The average molecular weight is 194 g/mol. The average Bonchev–Trinajstić information content (AvgIpc) is 2.18. The molecule has 0 aromatic rings. The Kier molecular flexibility index (Phi) is 6.26. The van der Waals surface area contributed by atoms with Crippen molar-refractivity contribution in [2.24, 2.45) is 10.2 Å². The monoisotopic (exact) mass is 194 g/mol. The van der Waals surface area contributed by atoms with E-state index in [9.17, 15) is 5.11 Å². The van der Waals surface area contributed by atoms with Crippen LogP contribution in [0.15, 0.2) is 10.2 Å². The zero-order valence-corrected chi connectivity index (χ0v) is 8.27. The molecule has 0 aliphatic carbocycles. The molecule has 0 fully saturated rings. The summed E-state index contributed by atoms with van der Waals surface area (Å²) < 4.78 is 0. The second kappa shape index (κ2) is 6.99. The molecule has 0 bridgehead atoms. The van der Waals surface area contributed by atoms with E-state index < -0.39 is 5.72 Å². The van der Waals surface area contributed by atoms with Gasteiger partial charge in [-0.3, -0.25) is 0 Å². The summed E-state index contributed by atoms with van der Waals surface area (Å²) in [6.45, 7) is 2.56. The topological polar surface area (TPSA) is 92.5 Å². The number of nitrogens with zero attached hydrogens (tertiary/aromatic N) is 4. The summed E-state index contributed by atoms with van der Waals surface area (Å²) in [5.41, 5.74) is -1.96. The largest absolute Gasteiger partial charge is 0.356 e. The van der Waals surface area contributed by atoms with Crippen LogP contribution in [0.4, 0.5) is 0 Å². The quantitative estimate of drug-likeness (QED) is 0.396. The predicted molar refractivity (Wildman–Crippen MR) is 50.0 cm³/mol. The first-order valence-corrected chi connectivity index (χ1v) is 4.57. The predicted octanol–water partition coefficient (Wildman–Crippen LogP) is 1.75. The molecule has 0 heterocycles. The molecule has 5 heteroatoms. The maximum absolute atomic E-state index is 9.33. The Labute approximate surface area is 83.7 Å². The van der Waals surface area contributed by atoms with Gasteiger partial charge in [-0.25, -0.2) is 0 Å². The van der Waals surface area contributed by atoms with Crippen molar-refractivity contribution < 1.29 is 5.11 Å².